The number of hydrogen-bond donors (Lipinski definition) is 1. The highest BCUT2D eigenvalue weighted by atomic mass is 16.5. The minimum Gasteiger partial charge on any atom is -0.504 e. The number of ether oxygens (including phenoxy) is 7. The van der Waals surface area contributed by atoms with Crippen LogP contribution < -0.4 is 14.2 Å². The van der Waals surface area contributed by atoms with Gasteiger partial charge in [0, 0.05) is 23.8 Å². The summed E-state index contributed by atoms with van der Waals surface area (Å²) in [7, 11) is 8.42. The molecule has 0 saturated heterocycles. The molecule has 3 rings (SSSR count). The zero-order chi connectivity index (χ0) is 29.4. The van der Waals surface area contributed by atoms with Crippen molar-refractivity contribution in [2.45, 2.75) is 38.7 Å². The van der Waals surface area contributed by atoms with Crippen molar-refractivity contribution in [1.82, 2.24) is 0 Å². The maximum Gasteiger partial charge on any atom is 0.342 e. The summed E-state index contributed by atoms with van der Waals surface area (Å²) in [5, 5.41) is 11.7. The lowest BCUT2D eigenvalue weighted by Crippen LogP contribution is -2.26. The van der Waals surface area contributed by atoms with Crippen LogP contribution >= 0.6 is 0 Å². The Labute approximate surface area is 234 Å². The first kappa shape index (κ1) is 30.4. The Bertz CT molecular complexity index is 1320. The van der Waals surface area contributed by atoms with Gasteiger partial charge < -0.3 is 38.3 Å². The molecule has 0 bridgehead atoms. The van der Waals surface area contributed by atoms with Crippen LogP contribution in [0.2, 0.25) is 0 Å². The number of carbonyl (C=O) groups is 1. The Morgan fingerprint density at radius 3 is 2.17 bits per heavy atom. The van der Waals surface area contributed by atoms with Crippen molar-refractivity contribution in [3.63, 3.8) is 0 Å². The molecule has 10 nitrogen and oxygen atoms in total. The van der Waals surface area contributed by atoms with Crippen LogP contribution in [0.1, 0.15) is 54.1 Å². The fourth-order valence-corrected chi connectivity index (χ4v) is 4.86. The normalized spacial score (nSPS) is 14.3. The average Bonchev–Trinajstić information content (AvgIpc) is 2.99. The number of fused-ring (bicyclic) bond motifs is 1. The third-order valence-corrected chi connectivity index (χ3v) is 6.73. The molecule has 2 aromatic rings. The molecule has 1 aliphatic carbocycles. The smallest absolute Gasteiger partial charge is 0.342 e. The van der Waals surface area contributed by atoms with Crippen LogP contribution in [0, 0.1) is 0 Å². The number of aromatic hydroxyl groups is 1. The Morgan fingerprint density at radius 1 is 0.900 bits per heavy atom. The van der Waals surface area contributed by atoms with Gasteiger partial charge in [0.2, 0.25) is 0 Å². The summed E-state index contributed by atoms with van der Waals surface area (Å²) in [5.41, 5.74) is 0.860. The molecule has 0 heterocycles. The Morgan fingerprint density at radius 2 is 1.62 bits per heavy atom. The van der Waals surface area contributed by atoms with E-state index in [0.717, 1.165) is 19.3 Å². The summed E-state index contributed by atoms with van der Waals surface area (Å²) in [6.07, 6.45) is 2.58. The fourth-order valence-electron chi connectivity index (χ4n) is 4.86. The molecule has 0 fully saturated rings. The van der Waals surface area contributed by atoms with Gasteiger partial charge in [-0.15, -0.1) is 0 Å². The van der Waals surface area contributed by atoms with Crippen LogP contribution in [0.15, 0.2) is 24.0 Å². The van der Waals surface area contributed by atoms with Crippen LogP contribution in [0.5, 0.6) is 23.0 Å². The lowest BCUT2D eigenvalue weighted by Gasteiger charge is -2.32. The van der Waals surface area contributed by atoms with Gasteiger partial charge in [-0.3, -0.25) is 0 Å². The fraction of sp³-hybridized carbons (Fsp3) is 0.433. The number of methoxy groups -OCH3 is 6. The highest BCUT2D eigenvalue weighted by Crippen LogP contribution is 2.54. The number of carbonyl (C=O) groups excluding carboxylic acids is 2. The third-order valence-electron chi connectivity index (χ3n) is 6.73. The first-order valence-electron chi connectivity index (χ1n) is 12.9. The molecule has 2 aromatic carbocycles. The number of phenols is 1. The van der Waals surface area contributed by atoms with Gasteiger partial charge in [0.25, 0.3) is 0 Å². The Balaban J connectivity index is 2.54. The summed E-state index contributed by atoms with van der Waals surface area (Å²) >= 11 is 0. The summed E-state index contributed by atoms with van der Waals surface area (Å²) < 4.78 is 39.1. The molecule has 0 amide bonds. The van der Waals surface area contributed by atoms with E-state index in [2.05, 4.69) is 6.92 Å². The van der Waals surface area contributed by atoms with Gasteiger partial charge in [0.15, 0.2) is 40.6 Å². The highest BCUT2D eigenvalue weighted by molar-refractivity contribution is 6.11. The van der Waals surface area contributed by atoms with Gasteiger partial charge in [-0.25, -0.2) is 9.59 Å². The number of phenolic OH excluding ortho intramolecular Hbond substituents is 1. The van der Waals surface area contributed by atoms with E-state index in [1.807, 2.05) is 5.94 Å². The van der Waals surface area contributed by atoms with Crippen molar-refractivity contribution in [1.29, 1.82) is 0 Å². The number of esters is 1. The number of rotatable bonds is 13. The molecule has 1 unspecified atom stereocenters. The Kier molecular flexibility index (Phi) is 10.5. The molecular weight excluding hydrogens is 520 g/mol. The molecule has 0 radical (unpaired) electrons. The lowest BCUT2D eigenvalue weighted by molar-refractivity contribution is 0.0595. The summed E-state index contributed by atoms with van der Waals surface area (Å²) in [6.45, 7) is 2.31. The molecule has 0 spiro atoms. The van der Waals surface area contributed by atoms with E-state index in [4.69, 9.17) is 33.2 Å². The summed E-state index contributed by atoms with van der Waals surface area (Å²) in [4.78, 5) is 25.8. The number of hydrogen-bond acceptors (Lipinski definition) is 10. The monoisotopic (exact) mass is 556 g/mol. The van der Waals surface area contributed by atoms with Crippen LogP contribution in [0.25, 0.3) is 22.5 Å². The minimum atomic E-state index is -1.05. The standard InChI is InChI=1S/C30H36O10/c1-8-9-10-11-14-40-27-24(30(33)39-7)21(17-12-13-19(34-2)20(15-17)35-3)23-22(25(27)32)18(16-31)26(36-4)29(38-6)28(23)37-5/h12-13,15,26,32H,8-11,14H2,1-7H3. The maximum absolute atomic E-state index is 13.4. The second-order valence-electron chi connectivity index (χ2n) is 8.88. The van der Waals surface area contributed by atoms with Crippen LogP contribution in [0.4, 0.5) is 0 Å². The highest BCUT2D eigenvalue weighted by Gasteiger charge is 2.42. The maximum atomic E-state index is 13.4. The lowest BCUT2D eigenvalue weighted by atomic mass is 9.80. The molecule has 1 aliphatic rings. The van der Waals surface area contributed by atoms with Crippen molar-refractivity contribution in [3.05, 3.63) is 40.6 Å². The van der Waals surface area contributed by atoms with Crippen molar-refractivity contribution in [2.24, 2.45) is 0 Å². The summed E-state index contributed by atoms with van der Waals surface area (Å²) in [6, 6.07) is 5.04. The minimum absolute atomic E-state index is 0.0421. The van der Waals surface area contributed by atoms with Gasteiger partial charge in [-0.2, -0.15) is 0 Å². The van der Waals surface area contributed by atoms with Crippen molar-refractivity contribution >= 4 is 23.2 Å². The largest absolute Gasteiger partial charge is 0.504 e. The summed E-state index contributed by atoms with van der Waals surface area (Å²) in [5.74, 6) is 1.68. The quantitative estimate of drug-likeness (QED) is 0.204. The molecule has 0 saturated carbocycles. The molecule has 0 aromatic heterocycles. The molecule has 40 heavy (non-hydrogen) atoms. The van der Waals surface area contributed by atoms with E-state index in [1.165, 1.54) is 42.7 Å². The molecule has 10 heteroatoms. The van der Waals surface area contributed by atoms with E-state index in [9.17, 15) is 14.7 Å². The predicted octanol–water partition coefficient (Wildman–Crippen LogP) is 5.03. The SMILES string of the molecule is CCCCCCOc1c(O)c2c(c(-c3ccc(OC)c(OC)c3)c1C(=O)OC)C(OC)=C(OC)C(OC)C2=C=O. The third kappa shape index (κ3) is 5.46. The van der Waals surface area contributed by atoms with Gasteiger partial charge >= 0.3 is 5.97 Å². The topological polar surface area (TPSA) is 119 Å². The van der Waals surface area contributed by atoms with Crippen LogP contribution in [0.3, 0.4) is 0 Å². The second-order valence-corrected chi connectivity index (χ2v) is 8.88. The van der Waals surface area contributed by atoms with E-state index < -0.39 is 17.8 Å². The number of benzene rings is 2. The van der Waals surface area contributed by atoms with E-state index in [-0.39, 0.29) is 51.7 Å². The van der Waals surface area contributed by atoms with Gasteiger partial charge in [0.05, 0.1) is 47.7 Å². The molecule has 1 N–H and O–H groups in total. The molecular formula is C30H36O10. The van der Waals surface area contributed by atoms with Gasteiger partial charge in [-0.05, 0) is 24.1 Å². The van der Waals surface area contributed by atoms with Crippen molar-refractivity contribution < 1.29 is 47.9 Å². The van der Waals surface area contributed by atoms with Crippen LogP contribution in [-0.4, -0.2) is 72.4 Å². The first-order valence-corrected chi connectivity index (χ1v) is 12.9. The zero-order valence-electron chi connectivity index (χ0n) is 24.0. The van der Waals surface area contributed by atoms with E-state index >= 15 is 0 Å². The van der Waals surface area contributed by atoms with Crippen molar-refractivity contribution in [3.8, 4) is 34.1 Å². The van der Waals surface area contributed by atoms with Gasteiger partial charge in [-0.1, -0.05) is 32.3 Å². The van der Waals surface area contributed by atoms with E-state index in [0.29, 0.717) is 23.5 Å². The van der Waals surface area contributed by atoms with E-state index in [1.54, 1.807) is 18.2 Å². The number of unbranched alkanes of at least 4 members (excludes halogenated alkanes) is 3. The average molecular weight is 557 g/mol. The molecule has 1 atom stereocenters. The molecule has 216 valence electrons. The first-order chi connectivity index (χ1) is 19.4. The Hall–Kier alpha value is -4.14. The predicted molar refractivity (Wildman–Crippen MR) is 148 cm³/mol. The zero-order valence-corrected chi connectivity index (χ0v) is 24.0. The van der Waals surface area contributed by atoms with Gasteiger partial charge in [0.1, 0.15) is 11.5 Å². The van der Waals surface area contributed by atoms with Crippen LogP contribution in [-0.2, 0) is 23.7 Å². The van der Waals surface area contributed by atoms with Crippen molar-refractivity contribution in [2.75, 3.05) is 49.3 Å². The molecule has 0 aliphatic heterocycles. The second kappa shape index (κ2) is 13.8.